The number of nitrogen functional groups attached to an aromatic ring is 1. The molecule has 0 aliphatic carbocycles. The van der Waals surface area contributed by atoms with Crippen LogP contribution in [0, 0.1) is 0 Å². The highest BCUT2D eigenvalue weighted by Crippen LogP contribution is 2.26. The minimum Gasteiger partial charge on any atom is -0.383 e. The SMILES string of the molecule is CCCC1C(=O)N(Cc2ccc3c(N)ncnc3c2)C(C)CN1C(=O)C=Cc1ccc(Cl)s1. The van der Waals surface area contributed by atoms with Crippen LogP contribution in [-0.4, -0.2) is 50.2 Å². The van der Waals surface area contributed by atoms with Gasteiger partial charge in [0.1, 0.15) is 18.2 Å². The van der Waals surface area contributed by atoms with E-state index in [1.165, 1.54) is 23.7 Å². The molecule has 1 aliphatic heterocycles. The van der Waals surface area contributed by atoms with E-state index in [4.69, 9.17) is 17.3 Å². The lowest BCUT2D eigenvalue weighted by Crippen LogP contribution is -2.61. The van der Waals surface area contributed by atoms with Gasteiger partial charge in [-0.25, -0.2) is 9.97 Å². The molecule has 33 heavy (non-hydrogen) atoms. The quantitative estimate of drug-likeness (QED) is 0.525. The second-order valence-electron chi connectivity index (χ2n) is 8.20. The second kappa shape index (κ2) is 9.89. The first-order chi connectivity index (χ1) is 15.9. The molecule has 1 saturated heterocycles. The van der Waals surface area contributed by atoms with Crippen molar-refractivity contribution >= 4 is 57.5 Å². The van der Waals surface area contributed by atoms with Crippen LogP contribution in [0.5, 0.6) is 0 Å². The van der Waals surface area contributed by atoms with Crippen LogP contribution < -0.4 is 5.73 Å². The molecule has 3 aromatic rings. The number of halogens is 1. The zero-order chi connectivity index (χ0) is 23.5. The minimum absolute atomic E-state index is 0.0289. The van der Waals surface area contributed by atoms with E-state index in [0.29, 0.717) is 29.7 Å². The predicted octanol–water partition coefficient (Wildman–Crippen LogP) is 4.37. The van der Waals surface area contributed by atoms with E-state index in [2.05, 4.69) is 9.97 Å². The van der Waals surface area contributed by atoms with Gasteiger partial charge in [-0.2, -0.15) is 0 Å². The third-order valence-electron chi connectivity index (χ3n) is 5.85. The number of hydrogen-bond donors (Lipinski definition) is 1. The van der Waals surface area contributed by atoms with Gasteiger partial charge in [-0.15, -0.1) is 11.3 Å². The number of thiophene rings is 1. The number of carbonyl (C=O) groups excluding carboxylic acids is 2. The van der Waals surface area contributed by atoms with Crippen molar-refractivity contribution < 1.29 is 9.59 Å². The smallest absolute Gasteiger partial charge is 0.247 e. The van der Waals surface area contributed by atoms with Crippen molar-refractivity contribution in [3.05, 3.63) is 57.5 Å². The highest BCUT2D eigenvalue weighted by molar-refractivity contribution is 7.17. The first kappa shape index (κ1) is 23.2. The Labute approximate surface area is 201 Å². The molecule has 2 amide bonds. The molecule has 9 heteroatoms. The van der Waals surface area contributed by atoms with E-state index >= 15 is 0 Å². The maximum Gasteiger partial charge on any atom is 0.247 e. The van der Waals surface area contributed by atoms with Crippen LogP contribution >= 0.6 is 22.9 Å². The Morgan fingerprint density at radius 1 is 1.30 bits per heavy atom. The summed E-state index contributed by atoms with van der Waals surface area (Å²) >= 11 is 7.38. The van der Waals surface area contributed by atoms with E-state index < -0.39 is 6.04 Å². The average Bonchev–Trinajstić information content (AvgIpc) is 3.22. The Kier molecular flexibility index (Phi) is 6.95. The number of anilines is 1. The van der Waals surface area contributed by atoms with Gasteiger partial charge in [0, 0.05) is 35.5 Å². The molecule has 172 valence electrons. The van der Waals surface area contributed by atoms with Crippen molar-refractivity contribution in [2.24, 2.45) is 0 Å². The zero-order valence-corrected chi connectivity index (χ0v) is 20.1. The minimum atomic E-state index is -0.478. The summed E-state index contributed by atoms with van der Waals surface area (Å²) in [6, 6.07) is 8.85. The number of fused-ring (bicyclic) bond motifs is 1. The van der Waals surface area contributed by atoms with Crippen molar-refractivity contribution in [3.63, 3.8) is 0 Å². The van der Waals surface area contributed by atoms with E-state index in [1.54, 1.807) is 17.0 Å². The standard InChI is InChI=1S/C24H26ClN5O2S/c1-3-4-20-24(32)29(13-16-5-8-18-19(11-16)27-14-28-23(18)26)15(2)12-30(20)22(31)10-7-17-6-9-21(25)33-17/h5-11,14-15,20H,3-4,12-13H2,1-2H3,(H2,26,27,28). The summed E-state index contributed by atoms with van der Waals surface area (Å²) in [5, 5.41) is 0.790. The van der Waals surface area contributed by atoms with Crippen LogP contribution in [0.2, 0.25) is 4.34 Å². The van der Waals surface area contributed by atoms with Crippen LogP contribution in [-0.2, 0) is 16.1 Å². The first-order valence-electron chi connectivity index (χ1n) is 10.9. The number of rotatable bonds is 6. The second-order valence-corrected chi connectivity index (χ2v) is 9.94. The number of amides is 2. The van der Waals surface area contributed by atoms with Crippen molar-refractivity contribution in [1.82, 2.24) is 19.8 Å². The van der Waals surface area contributed by atoms with Gasteiger partial charge in [-0.1, -0.05) is 31.0 Å². The lowest BCUT2D eigenvalue weighted by Gasteiger charge is -2.44. The molecule has 1 aromatic carbocycles. The third-order valence-corrected chi connectivity index (χ3v) is 7.05. The van der Waals surface area contributed by atoms with E-state index in [0.717, 1.165) is 27.8 Å². The van der Waals surface area contributed by atoms with Crippen LogP contribution in [0.1, 0.15) is 37.1 Å². The maximum atomic E-state index is 13.5. The molecule has 0 radical (unpaired) electrons. The van der Waals surface area contributed by atoms with Gasteiger partial charge >= 0.3 is 0 Å². The summed E-state index contributed by atoms with van der Waals surface area (Å²) in [5.41, 5.74) is 7.64. The molecule has 4 rings (SSSR count). The molecule has 1 fully saturated rings. The highest BCUT2D eigenvalue weighted by Gasteiger charge is 2.39. The molecule has 2 unspecified atom stereocenters. The molecule has 0 saturated carbocycles. The summed E-state index contributed by atoms with van der Waals surface area (Å²) in [4.78, 5) is 39.3. The fraction of sp³-hybridized carbons (Fsp3) is 0.333. The van der Waals surface area contributed by atoms with Gasteiger partial charge in [0.05, 0.1) is 9.85 Å². The van der Waals surface area contributed by atoms with Crippen LogP contribution in [0.25, 0.3) is 17.0 Å². The number of aromatic nitrogens is 2. The van der Waals surface area contributed by atoms with Gasteiger partial charge in [0.25, 0.3) is 0 Å². The summed E-state index contributed by atoms with van der Waals surface area (Å²) in [6.07, 6.45) is 6.15. The van der Waals surface area contributed by atoms with Crippen LogP contribution in [0.3, 0.4) is 0 Å². The first-order valence-corrected chi connectivity index (χ1v) is 12.1. The average molecular weight is 484 g/mol. The van der Waals surface area contributed by atoms with Crippen molar-refractivity contribution in [2.45, 2.75) is 45.3 Å². The Morgan fingerprint density at radius 2 is 2.12 bits per heavy atom. The van der Waals surface area contributed by atoms with Crippen LogP contribution in [0.4, 0.5) is 5.82 Å². The van der Waals surface area contributed by atoms with Gasteiger partial charge in [0.15, 0.2) is 0 Å². The molecule has 1 aliphatic rings. The molecule has 2 atom stereocenters. The van der Waals surface area contributed by atoms with Gasteiger partial charge in [-0.05, 0) is 49.2 Å². The van der Waals surface area contributed by atoms with Gasteiger partial charge in [-0.3, -0.25) is 9.59 Å². The molecular weight excluding hydrogens is 458 g/mol. The topological polar surface area (TPSA) is 92.4 Å². The molecule has 0 spiro atoms. The third kappa shape index (κ3) is 5.02. The largest absolute Gasteiger partial charge is 0.383 e. The van der Waals surface area contributed by atoms with Gasteiger partial charge in [0.2, 0.25) is 11.8 Å². The molecule has 3 heterocycles. The Bertz CT molecular complexity index is 1210. The molecular formula is C24H26ClN5O2S. The summed E-state index contributed by atoms with van der Waals surface area (Å²) in [6.45, 7) is 4.93. The van der Waals surface area contributed by atoms with Crippen molar-refractivity contribution in [1.29, 1.82) is 0 Å². The van der Waals surface area contributed by atoms with E-state index in [1.807, 2.05) is 43.0 Å². The highest BCUT2D eigenvalue weighted by atomic mass is 35.5. The van der Waals surface area contributed by atoms with Gasteiger partial charge < -0.3 is 15.5 Å². The molecule has 2 aromatic heterocycles. The Balaban J connectivity index is 1.53. The number of benzene rings is 1. The number of carbonyl (C=O) groups is 2. The predicted molar refractivity (Wildman–Crippen MR) is 133 cm³/mol. The summed E-state index contributed by atoms with van der Waals surface area (Å²) < 4.78 is 0.672. The number of piperazine rings is 1. The van der Waals surface area contributed by atoms with E-state index in [9.17, 15) is 9.59 Å². The lowest BCUT2D eigenvalue weighted by molar-refractivity contribution is -0.153. The Morgan fingerprint density at radius 3 is 2.85 bits per heavy atom. The van der Waals surface area contributed by atoms with Crippen molar-refractivity contribution in [3.8, 4) is 0 Å². The van der Waals surface area contributed by atoms with E-state index in [-0.39, 0.29) is 17.9 Å². The molecule has 0 bridgehead atoms. The number of nitrogens with zero attached hydrogens (tertiary/aromatic N) is 4. The normalized spacial score (nSPS) is 19.1. The molecule has 7 nitrogen and oxygen atoms in total. The Hall–Kier alpha value is -2.97. The summed E-state index contributed by atoms with van der Waals surface area (Å²) in [5.74, 6) is 0.249. The fourth-order valence-corrected chi connectivity index (χ4v) is 5.13. The number of hydrogen-bond acceptors (Lipinski definition) is 6. The fourth-order valence-electron chi connectivity index (χ4n) is 4.17. The summed E-state index contributed by atoms with van der Waals surface area (Å²) in [7, 11) is 0. The molecule has 2 N–H and O–H groups in total. The monoisotopic (exact) mass is 483 g/mol. The van der Waals surface area contributed by atoms with Crippen molar-refractivity contribution in [2.75, 3.05) is 12.3 Å². The lowest BCUT2D eigenvalue weighted by atomic mass is 10.0. The maximum absolute atomic E-state index is 13.5. The zero-order valence-electron chi connectivity index (χ0n) is 18.6. The van der Waals surface area contributed by atoms with Crippen LogP contribution in [0.15, 0.2) is 42.7 Å². The number of nitrogens with two attached hydrogens (primary N) is 1.